The molecule has 8 nitrogen and oxygen atoms in total. The molecule has 0 bridgehead atoms. The first-order chi connectivity index (χ1) is 9.95. The van der Waals surface area contributed by atoms with Crippen LogP contribution in [-0.2, 0) is 14.8 Å². The van der Waals surface area contributed by atoms with E-state index in [-0.39, 0.29) is 17.9 Å². The van der Waals surface area contributed by atoms with Crippen LogP contribution in [0, 0.1) is 6.92 Å². The van der Waals surface area contributed by atoms with Crippen molar-refractivity contribution in [2.75, 3.05) is 32.5 Å². The molecule has 1 aliphatic rings. The number of nitrogens with one attached hydrogen (secondary N) is 1. The van der Waals surface area contributed by atoms with E-state index in [1.165, 1.54) is 0 Å². The molecule has 2 rings (SSSR count). The summed E-state index contributed by atoms with van der Waals surface area (Å²) in [6.45, 7) is 5.04. The third-order valence-electron chi connectivity index (χ3n) is 3.63. The number of nitrogens with zero attached hydrogens (tertiary/aromatic N) is 3. The number of hydrogen-bond acceptors (Lipinski definition) is 7. The minimum atomic E-state index is -3.17. The van der Waals surface area contributed by atoms with Crippen molar-refractivity contribution < 1.29 is 17.7 Å². The zero-order valence-electron chi connectivity index (χ0n) is 12.6. The molecule has 1 saturated heterocycles. The second-order valence-electron chi connectivity index (χ2n) is 5.08. The molecule has 0 spiro atoms. The predicted molar refractivity (Wildman–Crippen MR) is 76.2 cm³/mol. The number of aryl methyl sites for hydroxylation is 1. The maximum Gasteiger partial charge on any atom is 0.244 e. The van der Waals surface area contributed by atoms with Crippen LogP contribution in [0.15, 0.2) is 4.52 Å². The van der Waals surface area contributed by atoms with Crippen LogP contribution in [0.2, 0.25) is 0 Å². The molecule has 1 fully saturated rings. The van der Waals surface area contributed by atoms with Gasteiger partial charge in [-0.15, -0.1) is 0 Å². The van der Waals surface area contributed by atoms with Gasteiger partial charge in [0.2, 0.25) is 15.9 Å². The van der Waals surface area contributed by atoms with Crippen molar-refractivity contribution in [2.24, 2.45) is 0 Å². The molecule has 21 heavy (non-hydrogen) atoms. The van der Waals surface area contributed by atoms with E-state index in [2.05, 4.69) is 19.8 Å². The molecule has 9 heteroatoms. The summed E-state index contributed by atoms with van der Waals surface area (Å²) in [7, 11) is -1.50. The Morgan fingerprint density at radius 3 is 2.86 bits per heavy atom. The van der Waals surface area contributed by atoms with Crippen LogP contribution in [0.4, 0.5) is 0 Å². The lowest BCUT2D eigenvalue weighted by atomic mass is 10.2. The zero-order valence-corrected chi connectivity index (χ0v) is 13.4. The molecule has 1 aliphatic heterocycles. The molecule has 1 N–H and O–H groups in total. The number of sulfonamides is 1. The molecule has 0 radical (unpaired) electrons. The van der Waals surface area contributed by atoms with E-state index in [0.717, 1.165) is 13.0 Å². The fourth-order valence-electron chi connectivity index (χ4n) is 2.43. The molecule has 0 aliphatic carbocycles. The monoisotopic (exact) mass is 318 g/mol. The number of ether oxygens (including phenoxy) is 1. The Morgan fingerprint density at radius 2 is 2.29 bits per heavy atom. The Hall–Kier alpha value is -1.03. The smallest absolute Gasteiger partial charge is 0.244 e. The van der Waals surface area contributed by atoms with Gasteiger partial charge in [-0.3, -0.25) is 4.90 Å². The molecule has 120 valence electrons. The second kappa shape index (κ2) is 6.82. The van der Waals surface area contributed by atoms with E-state index >= 15 is 0 Å². The van der Waals surface area contributed by atoms with Crippen LogP contribution >= 0.6 is 0 Å². The van der Waals surface area contributed by atoms with E-state index in [0.29, 0.717) is 24.8 Å². The lowest BCUT2D eigenvalue weighted by Gasteiger charge is -2.21. The van der Waals surface area contributed by atoms with E-state index in [1.807, 2.05) is 0 Å². The highest BCUT2D eigenvalue weighted by Gasteiger charge is 2.36. The average molecular weight is 318 g/mol. The Balaban J connectivity index is 1.98. The normalized spacial score (nSPS) is 23.8. The Kier molecular flexibility index (Phi) is 5.31. The maximum atomic E-state index is 11.5. The van der Waals surface area contributed by atoms with Gasteiger partial charge in [-0.2, -0.15) is 4.98 Å². The van der Waals surface area contributed by atoms with Crippen LogP contribution in [0.1, 0.15) is 31.1 Å². The summed E-state index contributed by atoms with van der Waals surface area (Å²) in [5, 5.41) is 3.81. The van der Waals surface area contributed by atoms with Gasteiger partial charge in [0, 0.05) is 26.7 Å². The topological polar surface area (TPSA) is 97.6 Å². The second-order valence-corrected chi connectivity index (χ2v) is 7.18. The van der Waals surface area contributed by atoms with Crippen LogP contribution in [0.3, 0.4) is 0 Å². The molecule has 0 aromatic carbocycles. The molecule has 0 saturated carbocycles. The minimum absolute atomic E-state index is 0.0257. The minimum Gasteiger partial charge on any atom is -0.380 e. The average Bonchev–Trinajstić information content (AvgIpc) is 3.04. The molecular weight excluding hydrogens is 296 g/mol. The summed E-state index contributed by atoms with van der Waals surface area (Å²) in [5.41, 5.74) is 0. The molecule has 2 atom stereocenters. The number of rotatable bonds is 7. The van der Waals surface area contributed by atoms with Crippen molar-refractivity contribution in [3.63, 3.8) is 0 Å². The SMILES string of the molecule is CCS(=O)(=O)NCCN1C[C@@H](OC)C[C@@H]1c1nc(C)no1. The van der Waals surface area contributed by atoms with E-state index in [4.69, 9.17) is 9.26 Å². The van der Waals surface area contributed by atoms with E-state index in [1.54, 1.807) is 21.0 Å². The van der Waals surface area contributed by atoms with Gasteiger partial charge in [0.15, 0.2) is 5.82 Å². The quantitative estimate of drug-likeness (QED) is 0.760. The van der Waals surface area contributed by atoms with E-state index in [9.17, 15) is 8.42 Å². The van der Waals surface area contributed by atoms with Crippen LogP contribution in [-0.4, -0.2) is 62.1 Å². The summed E-state index contributed by atoms with van der Waals surface area (Å²) in [6.07, 6.45) is 0.851. The van der Waals surface area contributed by atoms with Gasteiger partial charge >= 0.3 is 0 Å². The highest BCUT2D eigenvalue weighted by Crippen LogP contribution is 2.31. The molecule has 2 heterocycles. The highest BCUT2D eigenvalue weighted by atomic mass is 32.2. The summed E-state index contributed by atoms with van der Waals surface area (Å²) < 4.78 is 36.1. The van der Waals surface area contributed by atoms with Gasteiger partial charge in [0.25, 0.3) is 0 Å². The first kappa shape index (κ1) is 16.3. The van der Waals surface area contributed by atoms with Crippen molar-refractivity contribution in [2.45, 2.75) is 32.4 Å². The van der Waals surface area contributed by atoms with Crippen molar-refractivity contribution in [3.8, 4) is 0 Å². The van der Waals surface area contributed by atoms with E-state index < -0.39 is 10.0 Å². The summed E-state index contributed by atoms with van der Waals surface area (Å²) in [4.78, 5) is 6.38. The first-order valence-corrected chi connectivity index (χ1v) is 8.64. The molecule has 1 aromatic rings. The number of likely N-dealkylation sites (tertiary alicyclic amines) is 1. The number of hydrogen-bond donors (Lipinski definition) is 1. The standard InChI is InChI=1S/C12H22N4O4S/c1-4-21(17,18)13-5-6-16-8-10(19-3)7-11(16)12-14-9(2)15-20-12/h10-11,13H,4-8H2,1-3H3/t10-,11+/m0/s1. The fraction of sp³-hybridized carbons (Fsp3) is 0.833. The molecule has 0 unspecified atom stereocenters. The summed E-state index contributed by atoms with van der Waals surface area (Å²) >= 11 is 0. The van der Waals surface area contributed by atoms with Crippen LogP contribution in [0.5, 0.6) is 0 Å². The zero-order chi connectivity index (χ0) is 15.5. The Labute approximate surface area is 124 Å². The Bertz CT molecular complexity index is 559. The predicted octanol–water partition coefficient (Wildman–Crippen LogP) is 0.0791. The third-order valence-corrected chi connectivity index (χ3v) is 5.03. The van der Waals surface area contributed by atoms with Gasteiger partial charge in [-0.25, -0.2) is 13.1 Å². The molecule has 1 aromatic heterocycles. The third kappa shape index (κ3) is 4.22. The molecular formula is C12H22N4O4S. The molecule has 0 amide bonds. The van der Waals surface area contributed by atoms with Gasteiger partial charge in [-0.05, 0) is 20.3 Å². The van der Waals surface area contributed by atoms with Gasteiger partial charge in [-0.1, -0.05) is 5.16 Å². The number of methoxy groups -OCH3 is 1. The highest BCUT2D eigenvalue weighted by molar-refractivity contribution is 7.89. The van der Waals surface area contributed by atoms with Crippen LogP contribution < -0.4 is 4.72 Å². The van der Waals surface area contributed by atoms with Crippen molar-refractivity contribution in [1.82, 2.24) is 19.8 Å². The van der Waals surface area contributed by atoms with Crippen molar-refractivity contribution in [3.05, 3.63) is 11.7 Å². The van der Waals surface area contributed by atoms with Gasteiger partial charge in [0.1, 0.15) is 0 Å². The number of aromatic nitrogens is 2. The maximum absolute atomic E-state index is 11.5. The van der Waals surface area contributed by atoms with Gasteiger partial charge < -0.3 is 9.26 Å². The lowest BCUT2D eigenvalue weighted by Crippen LogP contribution is -2.36. The largest absolute Gasteiger partial charge is 0.380 e. The Morgan fingerprint density at radius 1 is 1.52 bits per heavy atom. The van der Waals surface area contributed by atoms with Gasteiger partial charge in [0.05, 0.1) is 17.9 Å². The summed E-state index contributed by atoms with van der Waals surface area (Å²) in [5.74, 6) is 1.24. The fourth-order valence-corrected chi connectivity index (χ4v) is 3.04. The van der Waals surface area contributed by atoms with Crippen molar-refractivity contribution >= 4 is 10.0 Å². The van der Waals surface area contributed by atoms with Crippen molar-refractivity contribution in [1.29, 1.82) is 0 Å². The summed E-state index contributed by atoms with van der Waals surface area (Å²) in [6, 6.07) is -0.0257. The first-order valence-electron chi connectivity index (χ1n) is 6.99. The van der Waals surface area contributed by atoms with Crippen LogP contribution in [0.25, 0.3) is 0 Å². The lowest BCUT2D eigenvalue weighted by molar-refractivity contribution is 0.108.